The number of nitrogens with zero attached hydrogens (tertiary/aromatic N) is 2. The molecule has 1 rings (SSSR count). The second kappa shape index (κ2) is 6.79. The fourth-order valence-corrected chi connectivity index (χ4v) is 0.975. The number of hydrogen-bond acceptors (Lipinski definition) is 3. The van der Waals surface area contributed by atoms with Crippen molar-refractivity contribution >= 4 is 36.3 Å². The molecule has 6 heteroatoms. The van der Waals surface area contributed by atoms with E-state index in [1.165, 1.54) is 0 Å². The van der Waals surface area contributed by atoms with E-state index in [0.717, 1.165) is 12.4 Å². The molecule has 0 aliphatic heterocycles. The van der Waals surface area contributed by atoms with Crippen molar-refractivity contribution in [1.29, 1.82) is 0 Å². The first-order valence-corrected chi connectivity index (χ1v) is 4.23. The molecule has 0 bridgehead atoms. The van der Waals surface area contributed by atoms with Crippen LogP contribution in [0.1, 0.15) is 26.8 Å². The van der Waals surface area contributed by atoms with Gasteiger partial charge in [0.05, 0.1) is 11.9 Å². The molecule has 0 atom stereocenters. The van der Waals surface area contributed by atoms with Crippen LogP contribution in [0.5, 0.6) is 0 Å². The first kappa shape index (κ1) is 15.8. The Balaban J connectivity index is 0. The molecule has 0 radical (unpaired) electrons. The Labute approximate surface area is 97.1 Å². The highest BCUT2D eigenvalue weighted by Crippen LogP contribution is 2.17. The van der Waals surface area contributed by atoms with Gasteiger partial charge in [-0.2, -0.15) is 5.10 Å². The van der Waals surface area contributed by atoms with E-state index in [-0.39, 0.29) is 24.8 Å². The number of nitrogens with two attached hydrogens (primary N) is 1. The fraction of sp³-hybridized carbons (Fsp3) is 0.625. The lowest BCUT2D eigenvalue weighted by atomic mass is 10.4. The van der Waals surface area contributed by atoms with Crippen molar-refractivity contribution in [1.82, 2.24) is 9.78 Å². The van der Waals surface area contributed by atoms with Crippen LogP contribution in [0.3, 0.4) is 0 Å². The average Bonchev–Trinajstić information content (AvgIpc) is 2.34. The normalized spacial score (nSPS) is 9.14. The molecule has 0 fully saturated rings. The number of anilines is 2. The van der Waals surface area contributed by atoms with Crippen LogP contribution in [-0.2, 0) is 0 Å². The summed E-state index contributed by atoms with van der Waals surface area (Å²) in [5.74, 6) is 0.784. The largest absolute Gasteiger partial charge is 0.394 e. The Morgan fingerprint density at radius 2 is 2.07 bits per heavy atom. The maximum Gasteiger partial charge on any atom is 0.171 e. The highest BCUT2D eigenvalue weighted by atomic mass is 35.5. The monoisotopic (exact) mass is 240 g/mol. The van der Waals surface area contributed by atoms with Crippen LogP contribution in [0.25, 0.3) is 0 Å². The summed E-state index contributed by atoms with van der Waals surface area (Å²) in [5, 5.41) is 7.37. The van der Waals surface area contributed by atoms with E-state index in [1.807, 2.05) is 17.8 Å². The minimum absolute atomic E-state index is 0. The Bertz CT molecular complexity index is 260. The van der Waals surface area contributed by atoms with Crippen molar-refractivity contribution in [2.75, 3.05) is 17.6 Å². The molecule has 84 valence electrons. The number of halogens is 2. The molecule has 1 aromatic rings. The van der Waals surface area contributed by atoms with Gasteiger partial charge in [0.2, 0.25) is 0 Å². The van der Waals surface area contributed by atoms with Crippen LogP contribution in [0.2, 0.25) is 0 Å². The van der Waals surface area contributed by atoms with E-state index in [9.17, 15) is 0 Å². The van der Waals surface area contributed by atoms with Crippen molar-refractivity contribution in [3.05, 3.63) is 6.20 Å². The van der Waals surface area contributed by atoms with Crippen LogP contribution in [0, 0.1) is 0 Å². The maximum atomic E-state index is 5.72. The van der Waals surface area contributed by atoms with Gasteiger partial charge < -0.3 is 11.1 Å². The van der Waals surface area contributed by atoms with Crippen LogP contribution >= 0.6 is 24.8 Å². The van der Waals surface area contributed by atoms with Gasteiger partial charge in [0.1, 0.15) is 0 Å². The van der Waals surface area contributed by atoms with Gasteiger partial charge in [0, 0.05) is 12.6 Å². The number of hydrogen-bond donors (Lipinski definition) is 2. The molecule has 14 heavy (non-hydrogen) atoms. The van der Waals surface area contributed by atoms with Crippen molar-refractivity contribution in [3.8, 4) is 0 Å². The highest BCUT2D eigenvalue weighted by molar-refractivity contribution is 5.85. The van der Waals surface area contributed by atoms with Gasteiger partial charge in [0.15, 0.2) is 5.82 Å². The molecule has 1 aromatic heterocycles. The summed E-state index contributed by atoms with van der Waals surface area (Å²) in [6, 6.07) is 0.361. The summed E-state index contributed by atoms with van der Waals surface area (Å²) < 4.78 is 1.85. The zero-order valence-electron chi connectivity index (χ0n) is 8.65. The number of nitrogen functional groups attached to an aromatic ring is 1. The molecule has 4 nitrogen and oxygen atoms in total. The molecular formula is C8H18Cl2N4. The molecule has 3 N–H and O–H groups in total. The third kappa shape index (κ3) is 3.64. The van der Waals surface area contributed by atoms with Crippen LogP contribution in [0.4, 0.5) is 11.5 Å². The molecule has 0 amide bonds. The van der Waals surface area contributed by atoms with E-state index >= 15 is 0 Å². The Kier molecular flexibility index (Phi) is 7.68. The van der Waals surface area contributed by atoms with Gasteiger partial charge in [-0.3, -0.25) is 4.68 Å². The van der Waals surface area contributed by atoms with E-state index in [2.05, 4.69) is 24.3 Å². The molecule has 0 aliphatic rings. The standard InChI is InChI=1S/C8H16N4.2ClH/c1-4-10-8-7(9)5-12(11-8)6(2)3;;/h5-6H,4,9H2,1-3H3,(H,10,11);2*1H. The minimum Gasteiger partial charge on any atom is -0.394 e. The lowest BCUT2D eigenvalue weighted by Gasteiger charge is -2.03. The Morgan fingerprint density at radius 1 is 1.50 bits per heavy atom. The van der Waals surface area contributed by atoms with Gasteiger partial charge in [0.25, 0.3) is 0 Å². The molecule has 0 spiro atoms. The van der Waals surface area contributed by atoms with E-state index in [0.29, 0.717) is 11.7 Å². The number of nitrogens with one attached hydrogen (secondary N) is 1. The van der Waals surface area contributed by atoms with Gasteiger partial charge in [-0.25, -0.2) is 0 Å². The van der Waals surface area contributed by atoms with Crippen LogP contribution in [0.15, 0.2) is 6.20 Å². The van der Waals surface area contributed by atoms with Crippen LogP contribution < -0.4 is 11.1 Å². The third-order valence-electron chi connectivity index (χ3n) is 1.63. The number of rotatable bonds is 3. The second-order valence-electron chi connectivity index (χ2n) is 3.04. The first-order valence-electron chi connectivity index (χ1n) is 4.23. The van der Waals surface area contributed by atoms with Crippen LogP contribution in [-0.4, -0.2) is 16.3 Å². The average molecular weight is 241 g/mol. The Hall–Kier alpha value is -0.610. The zero-order valence-corrected chi connectivity index (χ0v) is 10.3. The summed E-state index contributed by atoms with van der Waals surface area (Å²) >= 11 is 0. The van der Waals surface area contributed by atoms with Crippen molar-refractivity contribution in [3.63, 3.8) is 0 Å². The summed E-state index contributed by atoms with van der Waals surface area (Å²) in [5.41, 5.74) is 6.43. The van der Waals surface area contributed by atoms with E-state index in [1.54, 1.807) is 0 Å². The van der Waals surface area contributed by atoms with E-state index in [4.69, 9.17) is 5.73 Å². The van der Waals surface area contributed by atoms with Crippen molar-refractivity contribution in [2.24, 2.45) is 0 Å². The third-order valence-corrected chi connectivity index (χ3v) is 1.63. The lowest BCUT2D eigenvalue weighted by molar-refractivity contribution is 0.534. The quantitative estimate of drug-likeness (QED) is 0.853. The predicted octanol–water partition coefficient (Wildman–Crippen LogP) is 2.32. The molecule has 0 saturated carbocycles. The molecular weight excluding hydrogens is 223 g/mol. The fourth-order valence-electron chi connectivity index (χ4n) is 0.975. The summed E-state index contributed by atoms with van der Waals surface area (Å²) in [6.07, 6.45) is 1.85. The summed E-state index contributed by atoms with van der Waals surface area (Å²) in [7, 11) is 0. The predicted molar refractivity (Wildman–Crippen MR) is 65.7 cm³/mol. The first-order chi connectivity index (χ1) is 5.65. The van der Waals surface area contributed by atoms with Gasteiger partial charge in [-0.1, -0.05) is 0 Å². The maximum absolute atomic E-state index is 5.72. The SMILES string of the molecule is CCNc1nn(C(C)C)cc1N.Cl.Cl. The molecule has 0 saturated heterocycles. The second-order valence-corrected chi connectivity index (χ2v) is 3.04. The zero-order chi connectivity index (χ0) is 9.14. The van der Waals surface area contributed by atoms with Gasteiger partial charge >= 0.3 is 0 Å². The Morgan fingerprint density at radius 3 is 2.43 bits per heavy atom. The van der Waals surface area contributed by atoms with Gasteiger partial charge in [-0.05, 0) is 20.8 Å². The van der Waals surface area contributed by atoms with E-state index < -0.39 is 0 Å². The molecule has 1 heterocycles. The molecule has 0 aromatic carbocycles. The topological polar surface area (TPSA) is 55.9 Å². The molecule has 0 unspecified atom stereocenters. The highest BCUT2D eigenvalue weighted by Gasteiger charge is 2.05. The summed E-state index contributed by atoms with van der Waals surface area (Å²) in [6.45, 7) is 7.01. The van der Waals surface area contributed by atoms with Gasteiger partial charge in [-0.15, -0.1) is 24.8 Å². The number of aromatic nitrogens is 2. The van der Waals surface area contributed by atoms with Crippen molar-refractivity contribution < 1.29 is 0 Å². The van der Waals surface area contributed by atoms with Crippen molar-refractivity contribution in [2.45, 2.75) is 26.8 Å². The lowest BCUT2D eigenvalue weighted by Crippen LogP contribution is -2.03. The minimum atomic E-state index is 0. The smallest absolute Gasteiger partial charge is 0.171 e. The summed E-state index contributed by atoms with van der Waals surface area (Å²) in [4.78, 5) is 0. The molecule has 0 aliphatic carbocycles.